The molecule has 2 rings (SSSR count). The van der Waals surface area contributed by atoms with Crippen molar-refractivity contribution < 1.29 is 9.90 Å². The van der Waals surface area contributed by atoms with Gasteiger partial charge in [0.25, 0.3) is 5.91 Å². The molecule has 1 atom stereocenters. The minimum Gasteiger partial charge on any atom is -0.396 e. The van der Waals surface area contributed by atoms with E-state index in [9.17, 15) is 9.90 Å². The number of nitrogens with one attached hydrogen (secondary N) is 1. The Balaban J connectivity index is 2.06. The molecule has 0 saturated heterocycles. The second-order valence-corrected chi connectivity index (χ2v) is 5.98. The SMILES string of the molecule is CCn1nc(C)cc1C(=O)NC(CCO)C1CCCCC1. The van der Waals surface area contributed by atoms with Crippen molar-refractivity contribution in [3.8, 4) is 0 Å². The van der Waals surface area contributed by atoms with E-state index in [-0.39, 0.29) is 18.6 Å². The highest BCUT2D eigenvalue weighted by Crippen LogP contribution is 2.27. The molecule has 21 heavy (non-hydrogen) atoms. The van der Waals surface area contributed by atoms with Crippen molar-refractivity contribution in [2.75, 3.05) is 6.61 Å². The van der Waals surface area contributed by atoms with E-state index in [4.69, 9.17) is 0 Å². The maximum atomic E-state index is 12.5. The number of carbonyl (C=O) groups excluding carboxylic acids is 1. The molecule has 1 fully saturated rings. The summed E-state index contributed by atoms with van der Waals surface area (Å²) in [5.41, 5.74) is 1.48. The summed E-state index contributed by atoms with van der Waals surface area (Å²) >= 11 is 0. The van der Waals surface area contributed by atoms with Crippen LogP contribution in [-0.4, -0.2) is 33.4 Å². The molecule has 118 valence electrons. The van der Waals surface area contributed by atoms with Crippen molar-refractivity contribution >= 4 is 5.91 Å². The summed E-state index contributed by atoms with van der Waals surface area (Å²) in [6.45, 7) is 4.68. The lowest BCUT2D eigenvalue weighted by Crippen LogP contribution is -2.42. The van der Waals surface area contributed by atoms with Gasteiger partial charge in [-0.25, -0.2) is 0 Å². The zero-order valence-corrected chi connectivity index (χ0v) is 13.1. The molecule has 0 aromatic carbocycles. The molecule has 1 aromatic rings. The van der Waals surface area contributed by atoms with Gasteiger partial charge in [-0.1, -0.05) is 19.3 Å². The lowest BCUT2D eigenvalue weighted by molar-refractivity contribution is 0.0889. The van der Waals surface area contributed by atoms with Crippen molar-refractivity contribution in [1.29, 1.82) is 0 Å². The minimum atomic E-state index is -0.0681. The minimum absolute atomic E-state index is 0.0681. The number of aryl methyl sites for hydroxylation is 2. The molecule has 1 heterocycles. The Morgan fingerprint density at radius 2 is 2.19 bits per heavy atom. The summed E-state index contributed by atoms with van der Waals surface area (Å²) in [5.74, 6) is 0.426. The number of aromatic nitrogens is 2. The van der Waals surface area contributed by atoms with Gasteiger partial charge >= 0.3 is 0 Å². The summed E-state index contributed by atoms with van der Waals surface area (Å²) in [4.78, 5) is 12.5. The number of amides is 1. The first-order valence-corrected chi connectivity index (χ1v) is 8.12. The largest absolute Gasteiger partial charge is 0.396 e. The van der Waals surface area contributed by atoms with Gasteiger partial charge in [0.15, 0.2) is 0 Å². The summed E-state index contributed by atoms with van der Waals surface area (Å²) in [7, 11) is 0. The van der Waals surface area contributed by atoms with Gasteiger partial charge in [-0.15, -0.1) is 0 Å². The van der Waals surface area contributed by atoms with E-state index in [1.54, 1.807) is 4.68 Å². The highest BCUT2D eigenvalue weighted by atomic mass is 16.3. The molecule has 0 bridgehead atoms. The van der Waals surface area contributed by atoms with Gasteiger partial charge in [-0.05, 0) is 45.1 Å². The van der Waals surface area contributed by atoms with Crippen molar-refractivity contribution in [3.63, 3.8) is 0 Å². The molecule has 1 amide bonds. The number of hydrogen-bond acceptors (Lipinski definition) is 3. The Bertz CT molecular complexity index is 464. The van der Waals surface area contributed by atoms with Gasteiger partial charge in [0, 0.05) is 19.2 Å². The summed E-state index contributed by atoms with van der Waals surface area (Å²) in [6, 6.07) is 1.90. The van der Waals surface area contributed by atoms with Crippen LogP contribution in [0.25, 0.3) is 0 Å². The molecule has 0 aliphatic heterocycles. The van der Waals surface area contributed by atoms with Crippen LogP contribution in [-0.2, 0) is 6.54 Å². The molecule has 5 heteroatoms. The van der Waals surface area contributed by atoms with Crippen LogP contribution in [0.2, 0.25) is 0 Å². The van der Waals surface area contributed by atoms with Crippen LogP contribution in [0.4, 0.5) is 0 Å². The normalized spacial score (nSPS) is 17.7. The van der Waals surface area contributed by atoms with E-state index >= 15 is 0 Å². The van der Waals surface area contributed by atoms with E-state index < -0.39 is 0 Å². The van der Waals surface area contributed by atoms with Gasteiger partial charge in [0.05, 0.1) is 5.69 Å². The van der Waals surface area contributed by atoms with E-state index in [2.05, 4.69) is 10.4 Å². The van der Waals surface area contributed by atoms with Crippen LogP contribution in [0.15, 0.2) is 6.07 Å². The average molecular weight is 293 g/mol. The van der Waals surface area contributed by atoms with Crippen LogP contribution < -0.4 is 5.32 Å². The van der Waals surface area contributed by atoms with Gasteiger partial charge < -0.3 is 10.4 Å². The van der Waals surface area contributed by atoms with E-state index in [0.717, 1.165) is 18.5 Å². The zero-order valence-electron chi connectivity index (χ0n) is 13.1. The van der Waals surface area contributed by atoms with E-state index in [0.29, 0.717) is 24.6 Å². The predicted molar refractivity (Wildman–Crippen MR) is 82.2 cm³/mol. The lowest BCUT2D eigenvalue weighted by Gasteiger charge is -2.30. The molecule has 1 aliphatic carbocycles. The van der Waals surface area contributed by atoms with Crippen molar-refractivity contribution in [1.82, 2.24) is 15.1 Å². The quantitative estimate of drug-likeness (QED) is 0.845. The molecule has 2 N–H and O–H groups in total. The van der Waals surface area contributed by atoms with Crippen LogP contribution in [0.5, 0.6) is 0 Å². The van der Waals surface area contributed by atoms with E-state index in [1.165, 1.54) is 19.3 Å². The highest BCUT2D eigenvalue weighted by molar-refractivity contribution is 5.92. The third-order valence-electron chi connectivity index (χ3n) is 4.41. The number of aliphatic hydroxyl groups is 1. The van der Waals surface area contributed by atoms with Crippen LogP contribution >= 0.6 is 0 Å². The Morgan fingerprint density at radius 3 is 2.81 bits per heavy atom. The fourth-order valence-electron chi connectivity index (χ4n) is 3.31. The van der Waals surface area contributed by atoms with Gasteiger partial charge in [-0.2, -0.15) is 5.10 Å². The maximum Gasteiger partial charge on any atom is 0.269 e. The highest BCUT2D eigenvalue weighted by Gasteiger charge is 2.26. The zero-order chi connectivity index (χ0) is 15.2. The smallest absolute Gasteiger partial charge is 0.269 e. The second kappa shape index (κ2) is 7.59. The number of nitrogens with zero attached hydrogens (tertiary/aromatic N) is 2. The predicted octanol–water partition coefficient (Wildman–Crippen LogP) is 2.27. The fourth-order valence-corrected chi connectivity index (χ4v) is 3.31. The molecule has 0 spiro atoms. The third kappa shape index (κ3) is 4.06. The number of aliphatic hydroxyl groups excluding tert-OH is 1. The molecule has 1 unspecified atom stereocenters. The van der Waals surface area contributed by atoms with Crippen LogP contribution in [0, 0.1) is 12.8 Å². The van der Waals surface area contributed by atoms with Gasteiger partial charge in [-0.3, -0.25) is 9.48 Å². The lowest BCUT2D eigenvalue weighted by atomic mass is 9.82. The molecule has 0 radical (unpaired) electrons. The molecule has 1 saturated carbocycles. The van der Waals surface area contributed by atoms with Crippen LogP contribution in [0.3, 0.4) is 0 Å². The summed E-state index contributed by atoms with van der Waals surface area (Å²) in [5, 5.41) is 16.7. The Morgan fingerprint density at radius 1 is 1.48 bits per heavy atom. The van der Waals surface area contributed by atoms with Crippen molar-refractivity contribution in [2.24, 2.45) is 5.92 Å². The summed E-state index contributed by atoms with van der Waals surface area (Å²) in [6.07, 6.45) is 6.69. The molecule has 1 aromatic heterocycles. The third-order valence-corrected chi connectivity index (χ3v) is 4.41. The first kappa shape index (κ1) is 16.0. The molecule has 1 aliphatic rings. The topological polar surface area (TPSA) is 67.2 Å². The average Bonchev–Trinajstić information content (AvgIpc) is 2.89. The van der Waals surface area contributed by atoms with Gasteiger partial charge in [0.1, 0.15) is 5.69 Å². The Labute approximate surface area is 126 Å². The van der Waals surface area contributed by atoms with Crippen molar-refractivity contribution in [2.45, 2.75) is 65.0 Å². The molecular formula is C16H27N3O2. The van der Waals surface area contributed by atoms with E-state index in [1.807, 2.05) is 19.9 Å². The Hall–Kier alpha value is -1.36. The fraction of sp³-hybridized carbons (Fsp3) is 0.750. The first-order valence-electron chi connectivity index (χ1n) is 8.12. The Kier molecular flexibility index (Phi) is 5.79. The monoisotopic (exact) mass is 293 g/mol. The van der Waals surface area contributed by atoms with Crippen molar-refractivity contribution in [3.05, 3.63) is 17.5 Å². The first-order chi connectivity index (χ1) is 10.2. The van der Waals surface area contributed by atoms with Crippen LogP contribution in [0.1, 0.15) is 61.6 Å². The summed E-state index contributed by atoms with van der Waals surface area (Å²) < 4.78 is 1.74. The number of carbonyl (C=O) groups is 1. The molecular weight excluding hydrogens is 266 g/mol. The maximum absolute atomic E-state index is 12.5. The standard InChI is InChI=1S/C16H27N3O2/c1-3-19-15(11-12(2)18-19)16(21)17-14(9-10-20)13-7-5-4-6-8-13/h11,13-14,20H,3-10H2,1-2H3,(H,17,21). The van der Waals surface area contributed by atoms with Gasteiger partial charge in [0.2, 0.25) is 0 Å². The number of hydrogen-bond donors (Lipinski definition) is 2. The number of rotatable bonds is 6. The molecule has 5 nitrogen and oxygen atoms in total. The second-order valence-electron chi connectivity index (χ2n) is 5.98.